The van der Waals surface area contributed by atoms with E-state index in [-0.39, 0.29) is 11.6 Å². The SMILES string of the molecule is Cc1cc(-c2cc(C(=O)NNC(=O)c3ccc(F)cc3)c3cnn(C(C)C)c3n2)c(C)s1. The number of fused-ring (bicyclic) bond motifs is 1. The number of pyridine rings is 1. The Balaban J connectivity index is 1.70. The molecule has 0 aliphatic heterocycles. The second-order valence-corrected chi connectivity index (χ2v) is 9.18. The molecule has 1 aromatic carbocycles. The highest BCUT2D eigenvalue weighted by Crippen LogP contribution is 2.32. The summed E-state index contributed by atoms with van der Waals surface area (Å²) in [6.07, 6.45) is 1.61. The number of aromatic nitrogens is 3. The van der Waals surface area contributed by atoms with Gasteiger partial charge in [-0.2, -0.15) is 5.10 Å². The molecule has 3 aromatic heterocycles. The third kappa shape index (κ3) is 4.11. The standard InChI is InChI=1S/C23H22FN5O2S/c1-12(2)29-21-19(11-25-29)18(10-20(26-21)17-9-13(3)32-14(17)4)23(31)28-27-22(30)15-5-7-16(24)8-6-15/h5-12H,1-4H3,(H,27,30)(H,28,31). The van der Waals surface area contributed by atoms with E-state index in [1.165, 1.54) is 24.3 Å². The molecule has 0 unspecified atom stereocenters. The van der Waals surface area contributed by atoms with Crippen molar-refractivity contribution in [3.05, 3.63) is 69.3 Å². The monoisotopic (exact) mass is 451 g/mol. The van der Waals surface area contributed by atoms with Gasteiger partial charge in [0.2, 0.25) is 0 Å². The van der Waals surface area contributed by atoms with Gasteiger partial charge in [0.25, 0.3) is 11.8 Å². The van der Waals surface area contributed by atoms with E-state index >= 15 is 0 Å². The lowest BCUT2D eigenvalue weighted by Gasteiger charge is -2.11. The first-order valence-electron chi connectivity index (χ1n) is 10.1. The van der Waals surface area contributed by atoms with Crippen molar-refractivity contribution in [2.45, 2.75) is 33.7 Å². The van der Waals surface area contributed by atoms with Crippen LogP contribution in [-0.2, 0) is 0 Å². The summed E-state index contributed by atoms with van der Waals surface area (Å²) in [7, 11) is 0. The number of nitrogens with one attached hydrogen (secondary N) is 2. The number of carbonyl (C=O) groups excluding carboxylic acids is 2. The molecule has 7 nitrogen and oxygen atoms in total. The number of rotatable bonds is 4. The number of thiophene rings is 1. The van der Waals surface area contributed by atoms with Gasteiger partial charge in [-0.15, -0.1) is 11.3 Å². The predicted molar refractivity (Wildman–Crippen MR) is 122 cm³/mol. The fourth-order valence-electron chi connectivity index (χ4n) is 3.46. The van der Waals surface area contributed by atoms with Gasteiger partial charge in [-0.05, 0) is 64.1 Å². The molecule has 0 fully saturated rings. The molecule has 4 rings (SSSR count). The summed E-state index contributed by atoms with van der Waals surface area (Å²) in [6, 6.07) is 8.85. The van der Waals surface area contributed by atoms with Gasteiger partial charge in [0.1, 0.15) is 5.82 Å². The summed E-state index contributed by atoms with van der Waals surface area (Å²) in [6.45, 7) is 8.02. The van der Waals surface area contributed by atoms with Crippen molar-refractivity contribution in [1.29, 1.82) is 0 Å². The zero-order valence-electron chi connectivity index (χ0n) is 18.1. The normalized spacial score (nSPS) is 11.2. The van der Waals surface area contributed by atoms with E-state index in [9.17, 15) is 14.0 Å². The number of carbonyl (C=O) groups is 2. The van der Waals surface area contributed by atoms with Crippen molar-refractivity contribution < 1.29 is 14.0 Å². The van der Waals surface area contributed by atoms with E-state index in [0.29, 0.717) is 22.3 Å². The average Bonchev–Trinajstić information content (AvgIpc) is 3.34. The maximum atomic E-state index is 13.1. The molecule has 0 spiro atoms. The van der Waals surface area contributed by atoms with Gasteiger partial charge in [0, 0.05) is 26.9 Å². The van der Waals surface area contributed by atoms with Gasteiger partial charge >= 0.3 is 0 Å². The lowest BCUT2D eigenvalue weighted by Crippen LogP contribution is -2.41. The molecule has 9 heteroatoms. The highest BCUT2D eigenvalue weighted by atomic mass is 32.1. The lowest BCUT2D eigenvalue weighted by atomic mass is 10.1. The summed E-state index contributed by atoms with van der Waals surface area (Å²) >= 11 is 1.66. The molecule has 2 N–H and O–H groups in total. The highest BCUT2D eigenvalue weighted by molar-refractivity contribution is 7.12. The summed E-state index contributed by atoms with van der Waals surface area (Å²) in [4.78, 5) is 32.4. The fraction of sp³-hybridized carbons (Fsp3) is 0.217. The number of amides is 2. The molecule has 0 atom stereocenters. The molecule has 3 heterocycles. The zero-order valence-corrected chi connectivity index (χ0v) is 18.9. The number of hydrogen-bond donors (Lipinski definition) is 2. The first-order valence-corrected chi connectivity index (χ1v) is 10.9. The van der Waals surface area contributed by atoms with Crippen LogP contribution in [0.1, 0.15) is 50.4 Å². The summed E-state index contributed by atoms with van der Waals surface area (Å²) in [5.74, 6) is -1.49. The van der Waals surface area contributed by atoms with Gasteiger partial charge in [0.15, 0.2) is 5.65 Å². The van der Waals surface area contributed by atoms with Crippen LogP contribution in [0.25, 0.3) is 22.3 Å². The quantitative estimate of drug-likeness (QED) is 0.445. The molecular weight excluding hydrogens is 429 g/mol. The summed E-state index contributed by atoms with van der Waals surface area (Å²) in [5.41, 5.74) is 7.61. The Bertz CT molecular complexity index is 1320. The van der Waals surface area contributed by atoms with E-state index < -0.39 is 17.6 Å². The Hall–Kier alpha value is -3.59. The number of aryl methyl sites for hydroxylation is 2. The van der Waals surface area contributed by atoms with Crippen LogP contribution in [0.3, 0.4) is 0 Å². The Morgan fingerprint density at radius 2 is 1.75 bits per heavy atom. The largest absolute Gasteiger partial charge is 0.270 e. The second kappa shape index (κ2) is 8.51. The van der Waals surface area contributed by atoms with Crippen LogP contribution in [0.15, 0.2) is 42.6 Å². The van der Waals surface area contributed by atoms with E-state index in [4.69, 9.17) is 4.98 Å². The van der Waals surface area contributed by atoms with Crippen molar-refractivity contribution in [3.63, 3.8) is 0 Å². The van der Waals surface area contributed by atoms with Crippen LogP contribution in [0.5, 0.6) is 0 Å². The van der Waals surface area contributed by atoms with Gasteiger partial charge in [-0.1, -0.05) is 0 Å². The Morgan fingerprint density at radius 1 is 1.06 bits per heavy atom. The number of nitrogens with zero attached hydrogens (tertiary/aromatic N) is 3. The highest BCUT2D eigenvalue weighted by Gasteiger charge is 2.20. The average molecular weight is 452 g/mol. The maximum absolute atomic E-state index is 13.1. The van der Waals surface area contributed by atoms with E-state index in [1.807, 2.05) is 33.8 Å². The Kier molecular flexibility index (Phi) is 5.75. The number of halogens is 1. The smallest absolute Gasteiger partial charge is 0.267 e. The number of hydrogen-bond acceptors (Lipinski definition) is 5. The van der Waals surface area contributed by atoms with Gasteiger partial charge in [0.05, 0.1) is 22.8 Å². The van der Waals surface area contributed by atoms with Crippen molar-refractivity contribution in [1.82, 2.24) is 25.6 Å². The molecule has 0 aliphatic carbocycles. The van der Waals surface area contributed by atoms with Crippen LogP contribution in [0.4, 0.5) is 4.39 Å². The van der Waals surface area contributed by atoms with Crippen molar-refractivity contribution in [2.75, 3.05) is 0 Å². The molecule has 0 radical (unpaired) electrons. The summed E-state index contributed by atoms with van der Waals surface area (Å²) in [5, 5.41) is 4.99. The number of benzene rings is 1. The zero-order chi connectivity index (χ0) is 23.0. The fourth-order valence-corrected chi connectivity index (χ4v) is 4.39. The molecule has 0 aliphatic rings. The molecule has 32 heavy (non-hydrogen) atoms. The Morgan fingerprint density at radius 3 is 2.38 bits per heavy atom. The third-order valence-electron chi connectivity index (χ3n) is 5.01. The molecule has 0 bridgehead atoms. The lowest BCUT2D eigenvalue weighted by molar-refractivity contribution is 0.0847. The molecule has 0 saturated heterocycles. The van der Waals surface area contributed by atoms with E-state index in [0.717, 1.165) is 15.3 Å². The van der Waals surface area contributed by atoms with Crippen LogP contribution in [0.2, 0.25) is 0 Å². The maximum Gasteiger partial charge on any atom is 0.270 e. The molecule has 164 valence electrons. The molecule has 2 amide bonds. The van der Waals surface area contributed by atoms with Crippen LogP contribution >= 0.6 is 11.3 Å². The van der Waals surface area contributed by atoms with Crippen molar-refractivity contribution >= 4 is 34.2 Å². The van der Waals surface area contributed by atoms with Crippen LogP contribution in [0, 0.1) is 19.7 Å². The van der Waals surface area contributed by atoms with E-state index in [1.54, 1.807) is 28.3 Å². The minimum absolute atomic E-state index is 0.0506. The minimum Gasteiger partial charge on any atom is -0.267 e. The summed E-state index contributed by atoms with van der Waals surface area (Å²) < 4.78 is 14.9. The van der Waals surface area contributed by atoms with Crippen molar-refractivity contribution in [2.24, 2.45) is 0 Å². The molecule has 0 saturated carbocycles. The predicted octanol–water partition coefficient (Wildman–Crippen LogP) is 4.57. The van der Waals surface area contributed by atoms with Crippen LogP contribution in [-0.4, -0.2) is 26.6 Å². The van der Waals surface area contributed by atoms with Gasteiger partial charge in [-0.25, -0.2) is 14.1 Å². The Labute approximate surface area is 188 Å². The first-order chi connectivity index (χ1) is 15.2. The second-order valence-electron chi connectivity index (χ2n) is 7.72. The minimum atomic E-state index is -0.550. The topological polar surface area (TPSA) is 88.9 Å². The van der Waals surface area contributed by atoms with E-state index in [2.05, 4.69) is 16.0 Å². The number of hydrazine groups is 1. The van der Waals surface area contributed by atoms with Crippen LogP contribution < -0.4 is 10.9 Å². The molecular formula is C23H22FN5O2S. The molecule has 4 aromatic rings. The van der Waals surface area contributed by atoms with Crippen molar-refractivity contribution in [3.8, 4) is 11.3 Å². The van der Waals surface area contributed by atoms with Gasteiger partial charge in [-0.3, -0.25) is 20.4 Å². The first kappa shape index (κ1) is 21.6. The van der Waals surface area contributed by atoms with Gasteiger partial charge < -0.3 is 0 Å². The third-order valence-corrected chi connectivity index (χ3v) is 5.98.